The summed E-state index contributed by atoms with van der Waals surface area (Å²) < 4.78 is 0. The van der Waals surface area contributed by atoms with E-state index in [0.717, 1.165) is 0 Å². The van der Waals surface area contributed by atoms with Gasteiger partial charge in [-0.25, -0.2) is 0 Å². The van der Waals surface area contributed by atoms with Crippen molar-refractivity contribution in [2.45, 2.75) is 33.2 Å². The lowest BCUT2D eigenvalue weighted by Crippen LogP contribution is -2.42. The highest BCUT2D eigenvalue weighted by Gasteiger charge is 2.32. The molecule has 0 aromatic heterocycles. The van der Waals surface area contributed by atoms with E-state index >= 15 is 0 Å². The SMILES string of the molecule is CC[C@@H](N)C(C)(C)C(=O)O.Cl. The van der Waals surface area contributed by atoms with Gasteiger partial charge in [0.05, 0.1) is 5.41 Å². The lowest BCUT2D eigenvalue weighted by molar-refractivity contribution is -0.148. The summed E-state index contributed by atoms with van der Waals surface area (Å²) in [5.41, 5.74) is 4.77. The second-order valence-corrected chi connectivity index (χ2v) is 3.04. The summed E-state index contributed by atoms with van der Waals surface area (Å²) in [6.45, 7) is 5.17. The van der Waals surface area contributed by atoms with E-state index in [1.165, 1.54) is 0 Å². The Balaban J connectivity index is 0. The predicted molar refractivity (Wildman–Crippen MR) is 46.9 cm³/mol. The maximum absolute atomic E-state index is 10.5. The molecule has 0 bridgehead atoms. The van der Waals surface area contributed by atoms with Crippen molar-refractivity contribution in [3.63, 3.8) is 0 Å². The fourth-order valence-corrected chi connectivity index (χ4v) is 0.669. The van der Waals surface area contributed by atoms with Crippen LogP contribution in [0.5, 0.6) is 0 Å². The molecular weight excluding hydrogens is 166 g/mol. The zero-order chi connectivity index (χ0) is 8.36. The second-order valence-electron chi connectivity index (χ2n) is 3.04. The summed E-state index contributed by atoms with van der Waals surface area (Å²) in [6, 6.07) is -0.259. The Bertz CT molecular complexity index is 136. The standard InChI is InChI=1S/C7H15NO2.ClH/c1-4-5(8)7(2,3)6(9)10;/h5H,4,8H2,1-3H3,(H,9,10);1H/t5-;/m1./s1. The Morgan fingerprint density at radius 2 is 2.00 bits per heavy atom. The van der Waals surface area contributed by atoms with Gasteiger partial charge in [-0.15, -0.1) is 12.4 Å². The summed E-state index contributed by atoms with van der Waals surface area (Å²) in [7, 11) is 0. The normalized spacial score (nSPS) is 13.5. The van der Waals surface area contributed by atoms with Gasteiger partial charge < -0.3 is 10.8 Å². The van der Waals surface area contributed by atoms with Crippen LogP contribution in [-0.2, 0) is 4.79 Å². The zero-order valence-corrected chi connectivity index (χ0v) is 7.94. The van der Waals surface area contributed by atoms with Gasteiger partial charge in [0.25, 0.3) is 0 Å². The monoisotopic (exact) mass is 181 g/mol. The van der Waals surface area contributed by atoms with Crippen LogP contribution in [0.15, 0.2) is 0 Å². The molecule has 4 heteroatoms. The molecular formula is C7H16ClNO2. The fourth-order valence-electron chi connectivity index (χ4n) is 0.669. The van der Waals surface area contributed by atoms with Gasteiger partial charge in [-0.05, 0) is 20.3 Å². The number of rotatable bonds is 3. The van der Waals surface area contributed by atoms with Gasteiger partial charge in [0, 0.05) is 6.04 Å². The third-order valence-corrected chi connectivity index (χ3v) is 1.92. The molecule has 68 valence electrons. The smallest absolute Gasteiger partial charge is 0.310 e. The van der Waals surface area contributed by atoms with Crippen molar-refractivity contribution < 1.29 is 9.90 Å². The van der Waals surface area contributed by atoms with Crippen molar-refractivity contribution in [2.24, 2.45) is 11.1 Å². The molecule has 0 fully saturated rings. The minimum atomic E-state index is -0.832. The van der Waals surface area contributed by atoms with Crippen LogP contribution in [-0.4, -0.2) is 17.1 Å². The maximum Gasteiger partial charge on any atom is 0.310 e. The molecule has 0 unspecified atom stereocenters. The highest BCUT2D eigenvalue weighted by Crippen LogP contribution is 2.20. The van der Waals surface area contributed by atoms with Gasteiger partial charge in [-0.2, -0.15) is 0 Å². The molecule has 11 heavy (non-hydrogen) atoms. The first-order valence-electron chi connectivity index (χ1n) is 3.42. The van der Waals surface area contributed by atoms with E-state index in [9.17, 15) is 4.79 Å². The molecule has 0 aliphatic carbocycles. The molecule has 1 atom stereocenters. The first-order chi connectivity index (χ1) is 4.42. The zero-order valence-electron chi connectivity index (χ0n) is 7.13. The molecule has 0 heterocycles. The van der Waals surface area contributed by atoms with Crippen molar-refractivity contribution in [1.82, 2.24) is 0 Å². The Morgan fingerprint density at radius 1 is 1.64 bits per heavy atom. The number of carboxylic acid groups (broad SMARTS) is 1. The number of hydrogen-bond donors (Lipinski definition) is 2. The average molecular weight is 182 g/mol. The van der Waals surface area contributed by atoms with Crippen molar-refractivity contribution >= 4 is 18.4 Å². The number of hydrogen-bond acceptors (Lipinski definition) is 2. The summed E-state index contributed by atoms with van der Waals surface area (Å²) in [6.07, 6.45) is 0.694. The molecule has 0 saturated carbocycles. The summed E-state index contributed by atoms with van der Waals surface area (Å²) in [5, 5.41) is 8.66. The summed E-state index contributed by atoms with van der Waals surface area (Å²) >= 11 is 0. The first kappa shape index (κ1) is 13.3. The fraction of sp³-hybridized carbons (Fsp3) is 0.857. The Labute approximate surface area is 73.4 Å². The highest BCUT2D eigenvalue weighted by atomic mass is 35.5. The van der Waals surface area contributed by atoms with E-state index in [4.69, 9.17) is 10.8 Å². The van der Waals surface area contributed by atoms with Crippen LogP contribution in [0.25, 0.3) is 0 Å². The van der Waals surface area contributed by atoms with Gasteiger partial charge in [-0.1, -0.05) is 6.92 Å². The third-order valence-electron chi connectivity index (χ3n) is 1.92. The van der Waals surface area contributed by atoms with E-state index in [0.29, 0.717) is 6.42 Å². The maximum atomic E-state index is 10.5. The largest absolute Gasteiger partial charge is 0.481 e. The number of nitrogens with two attached hydrogens (primary N) is 1. The Morgan fingerprint density at radius 3 is 2.09 bits per heavy atom. The third kappa shape index (κ3) is 3.08. The Hall–Kier alpha value is -0.280. The van der Waals surface area contributed by atoms with Crippen LogP contribution in [0.3, 0.4) is 0 Å². The molecule has 0 rings (SSSR count). The predicted octanol–water partition coefficient (Wildman–Crippen LogP) is 1.26. The van der Waals surface area contributed by atoms with E-state index < -0.39 is 11.4 Å². The van der Waals surface area contributed by atoms with E-state index in [2.05, 4.69) is 0 Å². The van der Waals surface area contributed by atoms with Gasteiger partial charge in [0.2, 0.25) is 0 Å². The quantitative estimate of drug-likeness (QED) is 0.689. The van der Waals surface area contributed by atoms with Crippen molar-refractivity contribution in [1.29, 1.82) is 0 Å². The van der Waals surface area contributed by atoms with Crippen LogP contribution < -0.4 is 5.73 Å². The van der Waals surface area contributed by atoms with Crippen molar-refractivity contribution in [3.05, 3.63) is 0 Å². The molecule has 0 aliphatic rings. The van der Waals surface area contributed by atoms with Gasteiger partial charge in [-0.3, -0.25) is 4.79 Å². The van der Waals surface area contributed by atoms with Crippen molar-refractivity contribution in [3.8, 4) is 0 Å². The number of halogens is 1. The molecule has 0 spiro atoms. The summed E-state index contributed by atoms with van der Waals surface area (Å²) in [5.74, 6) is -0.832. The molecule has 0 saturated heterocycles. The molecule has 0 radical (unpaired) electrons. The lowest BCUT2D eigenvalue weighted by atomic mass is 9.84. The van der Waals surface area contributed by atoms with Crippen LogP contribution in [0, 0.1) is 5.41 Å². The van der Waals surface area contributed by atoms with Crippen LogP contribution in [0.4, 0.5) is 0 Å². The van der Waals surface area contributed by atoms with Gasteiger partial charge in [0.1, 0.15) is 0 Å². The molecule has 0 aromatic rings. The topological polar surface area (TPSA) is 63.3 Å². The van der Waals surface area contributed by atoms with Crippen LogP contribution >= 0.6 is 12.4 Å². The molecule has 0 aliphatic heterocycles. The van der Waals surface area contributed by atoms with Crippen molar-refractivity contribution in [2.75, 3.05) is 0 Å². The molecule has 0 aromatic carbocycles. The average Bonchev–Trinajstić information content (AvgIpc) is 1.86. The molecule has 3 nitrogen and oxygen atoms in total. The molecule has 0 amide bonds. The van der Waals surface area contributed by atoms with E-state index in [1.54, 1.807) is 13.8 Å². The van der Waals surface area contributed by atoms with Gasteiger partial charge >= 0.3 is 5.97 Å². The summed E-state index contributed by atoms with van der Waals surface area (Å²) in [4.78, 5) is 10.5. The van der Waals surface area contributed by atoms with Crippen LogP contribution in [0.1, 0.15) is 27.2 Å². The van der Waals surface area contributed by atoms with E-state index in [1.807, 2.05) is 6.92 Å². The number of carbonyl (C=O) groups is 1. The minimum Gasteiger partial charge on any atom is -0.481 e. The molecule has 3 N–H and O–H groups in total. The first-order valence-corrected chi connectivity index (χ1v) is 3.42. The highest BCUT2D eigenvalue weighted by molar-refractivity contribution is 5.85. The van der Waals surface area contributed by atoms with Crippen LogP contribution in [0.2, 0.25) is 0 Å². The Kier molecular flexibility index (Phi) is 5.53. The second kappa shape index (κ2) is 4.57. The minimum absolute atomic E-state index is 0. The number of carboxylic acids is 1. The number of aliphatic carboxylic acids is 1. The lowest BCUT2D eigenvalue weighted by Gasteiger charge is -2.25. The van der Waals surface area contributed by atoms with E-state index in [-0.39, 0.29) is 18.4 Å². The van der Waals surface area contributed by atoms with Gasteiger partial charge in [0.15, 0.2) is 0 Å².